The van der Waals surface area contributed by atoms with E-state index in [9.17, 15) is 4.39 Å². The van der Waals surface area contributed by atoms with Crippen molar-refractivity contribution in [2.75, 3.05) is 13.3 Å². The Morgan fingerprint density at radius 3 is 2.03 bits per heavy atom. The Labute approximate surface area is 184 Å². The van der Waals surface area contributed by atoms with Crippen molar-refractivity contribution in [3.8, 4) is 5.75 Å². The lowest BCUT2D eigenvalue weighted by Crippen LogP contribution is -2.17. The molecule has 168 valence electrons. The van der Waals surface area contributed by atoms with Crippen LogP contribution in [0.25, 0.3) is 0 Å². The van der Waals surface area contributed by atoms with Gasteiger partial charge in [-0.1, -0.05) is 56.9 Å². The quantitative estimate of drug-likeness (QED) is 0.329. The van der Waals surface area contributed by atoms with Gasteiger partial charge in [0.25, 0.3) is 0 Å². The number of rotatable bonds is 11. The molecule has 3 rings (SSSR count). The molecule has 0 amide bonds. The molecule has 0 spiro atoms. The van der Waals surface area contributed by atoms with Gasteiger partial charge in [-0.25, -0.2) is 0 Å². The zero-order valence-corrected chi connectivity index (χ0v) is 19.2. The van der Waals surface area contributed by atoms with E-state index in [0.717, 1.165) is 42.4 Å². The summed E-state index contributed by atoms with van der Waals surface area (Å²) in [7, 11) is 0. The average molecular weight is 415 g/mol. The normalized spacial score (nSPS) is 27.4. The van der Waals surface area contributed by atoms with Crippen LogP contribution in [0.4, 0.5) is 4.39 Å². The van der Waals surface area contributed by atoms with Crippen molar-refractivity contribution in [3.63, 3.8) is 0 Å². The number of benzene rings is 1. The van der Waals surface area contributed by atoms with Gasteiger partial charge in [-0.3, -0.25) is 4.39 Å². The number of hydrogen-bond donors (Lipinski definition) is 0. The van der Waals surface area contributed by atoms with Gasteiger partial charge in [0.1, 0.15) is 5.75 Å². The van der Waals surface area contributed by atoms with E-state index in [0.29, 0.717) is 6.42 Å². The first-order valence-electron chi connectivity index (χ1n) is 12.7. The third-order valence-electron chi connectivity index (χ3n) is 7.53. The van der Waals surface area contributed by atoms with Gasteiger partial charge in [0.2, 0.25) is 0 Å². The van der Waals surface area contributed by atoms with Crippen LogP contribution in [0.2, 0.25) is 0 Å². The predicted octanol–water partition coefficient (Wildman–Crippen LogP) is 8.64. The summed E-state index contributed by atoms with van der Waals surface area (Å²) in [4.78, 5) is 0. The van der Waals surface area contributed by atoms with Crippen LogP contribution >= 0.6 is 0 Å². The number of ether oxygens (including phenoxy) is 1. The maximum Gasteiger partial charge on any atom is 0.119 e. The first-order valence-corrected chi connectivity index (χ1v) is 12.7. The van der Waals surface area contributed by atoms with Crippen molar-refractivity contribution in [2.45, 2.75) is 96.3 Å². The zero-order chi connectivity index (χ0) is 21.0. The average Bonchev–Trinajstić information content (AvgIpc) is 2.81. The standard InChI is InChI=1S/C28H43FO/c1-2-22-30-28-19-17-27(18-20-28)26-15-13-25(14-16-26)12-11-24-9-7-23(8-10-24)6-4-3-5-21-29/h3-4,17-20,23-26H,2,5-16,21-22H2,1H3/b4-3+/t23-,24-,25?,26?. The van der Waals surface area contributed by atoms with Gasteiger partial charge < -0.3 is 4.74 Å². The van der Waals surface area contributed by atoms with Crippen LogP contribution in [0, 0.1) is 17.8 Å². The highest BCUT2D eigenvalue weighted by atomic mass is 19.1. The fraction of sp³-hybridized carbons (Fsp3) is 0.714. The molecule has 0 N–H and O–H groups in total. The van der Waals surface area contributed by atoms with Crippen molar-refractivity contribution < 1.29 is 9.13 Å². The molecule has 0 saturated heterocycles. The summed E-state index contributed by atoms with van der Waals surface area (Å²) in [5.74, 6) is 4.53. The highest BCUT2D eigenvalue weighted by Gasteiger charge is 2.25. The van der Waals surface area contributed by atoms with E-state index in [1.165, 1.54) is 76.2 Å². The fourth-order valence-corrected chi connectivity index (χ4v) is 5.54. The van der Waals surface area contributed by atoms with Crippen LogP contribution in [0.3, 0.4) is 0 Å². The first kappa shape index (κ1) is 23.4. The Morgan fingerprint density at radius 2 is 1.43 bits per heavy atom. The Kier molecular flexibility index (Phi) is 10.3. The van der Waals surface area contributed by atoms with Crippen LogP contribution in [-0.2, 0) is 0 Å². The molecule has 1 nitrogen and oxygen atoms in total. The van der Waals surface area contributed by atoms with E-state index in [1.54, 1.807) is 0 Å². The van der Waals surface area contributed by atoms with Gasteiger partial charge in [0, 0.05) is 0 Å². The molecule has 0 atom stereocenters. The largest absolute Gasteiger partial charge is 0.494 e. The molecule has 0 aromatic heterocycles. The monoisotopic (exact) mass is 414 g/mol. The molecule has 2 fully saturated rings. The molecule has 0 radical (unpaired) electrons. The summed E-state index contributed by atoms with van der Waals surface area (Å²) in [5.41, 5.74) is 1.51. The van der Waals surface area contributed by atoms with Gasteiger partial charge in [-0.15, -0.1) is 0 Å². The number of alkyl halides is 1. The molecule has 0 aliphatic heterocycles. The molecular weight excluding hydrogens is 371 g/mol. The molecule has 2 aliphatic carbocycles. The maximum absolute atomic E-state index is 12.2. The molecule has 2 heteroatoms. The lowest BCUT2D eigenvalue weighted by molar-refractivity contribution is 0.231. The summed E-state index contributed by atoms with van der Waals surface area (Å²) in [6, 6.07) is 8.90. The zero-order valence-electron chi connectivity index (χ0n) is 19.2. The van der Waals surface area contributed by atoms with Gasteiger partial charge in [-0.2, -0.15) is 0 Å². The molecule has 0 unspecified atom stereocenters. The number of halogens is 1. The summed E-state index contributed by atoms with van der Waals surface area (Å²) in [6.45, 7) is 2.74. The van der Waals surface area contributed by atoms with Crippen molar-refractivity contribution in [2.24, 2.45) is 17.8 Å². The second kappa shape index (κ2) is 13.2. The molecule has 1 aromatic rings. The second-order valence-electron chi connectivity index (χ2n) is 9.78. The van der Waals surface area contributed by atoms with E-state index in [-0.39, 0.29) is 6.67 Å². The Morgan fingerprint density at radius 1 is 0.833 bits per heavy atom. The minimum atomic E-state index is -0.217. The summed E-state index contributed by atoms with van der Waals surface area (Å²) >= 11 is 0. The third kappa shape index (κ3) is 7.75. The van der Waals surface area contributed by atoms with E-state index < -0.39 is 0 Å². The highest BCUT2D eigenvalue weighted by Crippen LogP contribution is 2.40. The van der Waals surface area contributed by atoms with E-state index in [4.69, 9.17) is 4.74 Å². The van der Waals surface area contributed by atoms with Crippen LogP contribution in [-0.4, -0.2) is 13.3 Å². The topological polar surface area (TPSA) is 9.23 Å². The number of allylic oxidation sites excluding steroid dienone is 2. The predicted molar refractivity (Wildman–Crippen MR) is 126 cm³/mol. The highest BCUT2D eigenvalue weighted by molar-refractivity contribution is 5.29. The molecule has 0 bridgehead atoms. The van der Waals surface area contributed by atoms with Crippen LogP contribution < -0.4 is 4.74 Å². The smallest absolute Gasteiger partial charge is 0.119 e. The molecule has 1 aromatic carbocycles. The Balaban J connectivity index is 1.30. The minimum Gasteiger partial charge on any atom is -0.494 e. The van der Waals surface area contributed by atoms with Gasteiger partial charge >= 0.3 is 0 Å². The van der Waals surface area contributed by atoms with Crippen molar-refractivity contribution in [1.82, 2.24) is 0 Å². The lowest BCUT2D eigenvalue weighted by atomic mass is 9.74. The lowest BCUT2D eigenvalue weighted by Gasteiger charge is -2.32. The van der Waals surface area contributed by atoms with Gasteiger partial charge in [-0.05, 0) is 99.2 Å². The van der Waals surface area contributed by atoms with E-state index >= 15 is 0 Å². The summed E-state index contributed by atoms with van der Waals surface area (Å²) < 4.78 is 17.9. The van der Waals surface area contributed by atoms with E-state index in [2.05, 4.69) is 37.3 Å². The third-order valence-corrected chi connectivity index (χ3v) is 7.53. The molecule has 2 aliphatic rings. The Hall–Kier alpha value is -1.31. The van der Waals surface area contributed by atoms with Crippen molar-refractivity contribution in [1.29, 1.82) is 0 Å². The Bertz CT molecular complexity index is 592. The SMILES string of the molecule is CCCOc1ccc(C2CCC(CC[C@H]3CC[C@H](C/C=C/CCF)CC3)CC2)cc1. The summed E-state index contributed by atoms with van der Waals surface area (Å²) in [5, 5.41) is 0. The maximum atomic E-state index is 12.2. The van der Waals surface area contributed by atoms with Crippen LogP contribution in [0.1, 0.15) is 102 Å². The van der Waals surface area contributed by atoms with Crippen molar-refractivity contribution >= 4 is 0 Å². The fourth-order valence-electron chi connectivity index (χ4n) is 5.54. The molecule has 2 saturated carbocycles. The van der Waals surface area contributed by atoms with Gasteiger partial charge in [0.05, 0.1) is 13.3 Å². The molecular formula is C28H43FO. The van der Waals surface area contributed by atoms with E-state index in [1.807, 2.05) is 6.08 Å². The van der Waals surface area contributed by atoms with Crippen LogP contribution in [0.15, 0.2) is 36.4 Å². The first-order chi connectivity index (χ1) is 14.8. The van der Waals surface area contributed by atoms with Crippen LogP contribution in [0.5, 0.6) is 5.75 Å². The number of hydrogen-bond acceptors (Lipinski definition) is 1. The second-order valence-corrected chi connectivity index (χ2v) is 9.78. The summed E-state index contributed by atoms with van der Waals surface area (Å²) in [6.07, 6.45) is 21.1. The molecule has 30 heavy (non-hydrogen) atoms. The minimum absolute atomic E-state index is 0.217. The molecule has 0 heterocycles. The van der Waals surface area contributed by atoms with Gasteiger partial charge in [0.15, 0.2) is 0 Å². The van der Waals surface area contributed by atoms with Crippen molar-refractivity contribution in [3.05, 3.63) is 42.0 Å².